The molecule has 0 unspecified atom stereocenters. The summed E-state index contributed by atoms with van der Waals surface area (Å²) in [4.78, 5) is 46.6. The van der Waals surface area contributed by atoms with Gasteiger partial charge in [-0.3, -0.25) is 9.78 Å². The third kappa shape index (κ3) is 8.08. The normalized spacial score (nSPS) is 10.8. The molecule has 0 radical (unpaired) electrons. The second kappa shape index (κ2) is 15.3. The van der Waals surface area contributed by atoms with E-state index in [4.69, 9.17) is 29.0 Å². The van der Waals surface area contributed by atoms with Crippen LogP contribution in [0.2, 0.25) is 0 Å². The highest BCUT2D eigenvalue weighted by molar-refractivity contribution is 5.97. The summed E-state index contributed by atoms with van der Waals surface area (Å²) in [5.41, 5.74) is 3.61. The van der Waals surface area contributed by atoms with E-state index in [1.807, 2.05) is 91.9 Å². The Labute approximate surface area is 232 Å². The number of hydrogen-bond acceptors (Lipinski definition) is 8. The van der Waals surface area contributed by atoms with Gasteiger partial charge in [0, 0.05) is 6.61 Å². The Hall–Kier alpha value is -4.34. The molecule has 8 nitrogen and oxygen atoms in total. The molecule has 4 aromatic rings. The molecule has 0 saturated carbocycles. The molecule has 0 aromatic heterocycles. The number of carbonyl (C=O) groups excluding carboxylic acids is 2. The second-order valence-electron chi connectivity index (χ2n) is 8.46. The van der Waals surface area contributed by atoms with Crippen molar-refractivity contribution in [3.05, 3.63) is 120 Å². The molecule has 0 spiro atoms. The maximum Gasteiger partial charge on any atom is 0.373 e. The fourth-order valence-electron chi connectivity index (χ4n) is 3.86. The van der Waals surface area contributed by atoms with Crippen LogP contribution < -0.4 is 0 Å². The van der Waals surface area contributed by atoms with Crippen molar-refractivity contribution in [1.29, 1.82) is 0 Å². The monoisotopic (exact) mass is 542 g/mol. The van der Waals surface area contributed by atoms with E-state index in [0.717, 1.165) is 11.1 Å². The fourth-order valence-corrected chi connectivity index (χ4v) is 3.86. The van der Waals surface area contributed by atoms with Crippen LogP contribution in [0.15, 0.2) is 109 Å². The lowest BCUT2D eigenvalue weighted by molar-refractivity contribution is -0.427. The molecule has 206 valence electrons. The zero-order chi connectivity index (χ0) is 28.0. The topological polar surface area (TPSA) is 89.5 Å². The van der Waals surface area contributed by atoms with Gasteiger partial charge in [0.1, 0.15) is 6.61 Å². The van der Waals surface area contributed by atoms with Crippen molar-refractivity contribution < 1.29 is 38.6 Å². The Morgan fingerprint density at radius 1 is 0.575 bits per heavy atom. The fraction of sp³-hybridized carbons (Fsp3) is 0.188. The van der Waals surface area contributed by atoms with Crippen molar-refractivity contribution in [2.75, 3.05) is 26.4 Å². The molecule has 4 aromatic carbocycles. The van der Waals surface area contributed by atoms with Crippen LogP contribution in [0.1, 0.15) is 27.6 Å². The van der Waals surface area contributed by atoms with E-state index in [9.17, 15) is 9.59 Å². The summed E-state index contributed by atoms with van der Waals surface area (Å²) in [6.45, 7) is 2.78. The van der Waals surface area contributed by atoms with Crippen LogP contribution in [0.4, 0.5) is 0 Å². The van der Waals surface area contributed by atoms with Crippen molar-refractivity contribution in [1.82, 2.24) is 0 Å². The number of benzene rings is 4. The number of hydrogen-bond donors (Lipinski definition) is 0. The average molecular weight is 543 g/mol. The lowest BCUT2D eigenvalue weighted by Crippen LogP contribution is -2.27. The van der Waals surface area contributed by atoms with Crippen LogP contribution in [0.5, 0.6) is 0 Å². The molecule has 0 aliphatic heterocycles. The Bertz CT molecular complexity index is 1260. The molecule has 0 N–H and O–H groups in total. The maximum absolute atomic E-state index is 12.9. The Morgan fingerprint density at radius 2 is 1.00 bits per heavy atom. The lowest BCUT2D eigenvalue weighted by atomic mass is 10.00. The van der Waals surface area contributed by atoms with Gasteiger partial charge in [-0.15, -0.1) is 9.78 Å². The van der Waals surface area contributed by atoms with Gasteiger partial charge in [0.05, 0.1) is 24.3 Å². The summed E-state index contributed by atoms with van der Waals surface area (Å²) in [6, 6.07) is 32.8. The molecule has 0 aliphatic carbocycles. The quantitative estimate of drug-likeness (QED) is 0.0797. The molecule has 8 heteroatoms. The highest BCUT2D eigenvalue weighted by Gasteiger charge is 2.23. The van der Waals surface area contributed by atoms with Gasteiger partial charge in [-0.1, -0.05) is 97.1 Å². The van der Waals surface area contributed by atoms with Crippen LogP contribution >= 0.6 is 0 Å². The summed E-state index contributed by atoms with van der Waals surface area (Å²) in [5.74, 6) is -1.49. The summed E-state index contributed by atoms with van der Waals surface area (Å²) in [7, 11) is 0. The molecule has 0 aliphatic rings. The van der Waals surface area contributed by atoms with Crippen molar-refractivity contribution in [2.24, 2.45) is 0 Å². The molecule has 40 heavy (non-hydrogen) atoms. The van der Waals surface area contributed by atoms with Gasteiger partial charge in [0.25, 0.3) is 6.29 Å². The smallest absolute Gasteiger partial charge is 0.373 e. The first-order valence-electron chi connectivity index (χ1n) is 12.9. The minimum atomic E-state index is -1.36. The lowest BCUT2D eigenvalue weighted by Gasteiger charge is -2.16. The Morgan fingerprint density at radius 3 is 1.48 bits per heavy atom. The van der Waals surface area contributed by atoms with E-state index in [1.165, 1.54) is 0 Å². The SMILES string of the molecule is CCOCCOCC(OOC(=O)c1ccccc1-c1ccccc1)OOC(=O)c1ccccc1-c1ccccc1. The Balaban J connectivity index is 1.42. The summed E-state index contributed by atoms with van der Waals surface area (Å²) in [5, 5.41) is 0. The van der Waals surface area contributed by atoms with Crippen molar-refractivity contribution in [3.63, 3.8) is 0 Å². The first-order valence-corrected chi connectivity index (χ1v) is 12.9. The standard InChI is InChI=1S/C32H30O8/c1-2-35-21-22-36-23-30(37-39-31(33)28-19-11-9-17-26(28)24-13-5-3-6-14-24)38-40-32(34)29-20-12-10-18-27(29)25-15-7-4-8-16-25/h3-20,30H,2,21-23H2,1H3. The predicted molar refractivity (Wildman–Crippen MR) is 148 cm³/mol. The molecule has 0 atom stereocenters. The van der Waals surface area contributed by atoms with E-state index in [1.54, 1.807) is 24.3 Å². The third-order valence-electron chi connectivity index (χ3n) is 5.76. The third-order valence-corrected chi connectivity index (χ3v) is 5.76. The minimum Gasteiger partial charge on any atom is -0.379 e. The zero-order valence-electron chi connectivity index (χ0n) is 22.1. The van der Waals surface area contributed by atoms with Crippen LogP contribution in [-0.2, 0) is 29.0 Å². The first-order chi connectivity index (χ1) is 19.7. The van der Waals surface area contributed by atoms with Gasteiger partial charge < -0.3 is 9.47 Å². The summed E-state index contributed by atoms with van der Waals surface area (Å²) < 4.78 is 10.8. The highest BCUT2D eigenvalue weighted by Crippen LogP contribution is 2.25. The minimum absolute atomic E-state index is 0.200. The van der Waals surface area contributed by atoms with Crippen LogP contribution in [0.3, 0.4) is 0 Å². The molecule has 0 heterocycles. The molecular formula is C32H30O8. The molecular weight excluding hydrogens is 512 g/mol. The molecule has 0 bridgehead atoms. The van der Waals surface area contributed by atoms with Crippen molar-refractivity contribution >= 4 is 11.9 Å². The molecule has 0 amide bonds. The second-order valence-corrected chi connectivity index (χ2v) is 8.46. The number of rotatable bonds is 14. The van der Waals surface area contributed by atoms with E-state index < -0.39 is 18.2 Å². The van der Waals surface area contributed by atoms with Gasteiger partial charge in [-0.2, -0.15) is 0 Å². The first kappa shape index (κ1) is 28.7. The Kier molecular flexibility index (Phi) is 11.0. The highest BCUT2D eigenvalue weighted by atomic mass is 17.3. The van der Waals surface area contributed by atoms with E-state index in [2.05, 4.69) is 0 Å². The number of ether oxygens (including phenoxy) is 2. The molecule has 4 rings (SSSR count). The zero-order valence-corrected chi connectivity index (χ0v) is 22.1. The van der Waals surface area contributed by atoms with E-state index >= 15 is 0 Å². The summed E-state index contributed by atoms with van der Waals surface area (Å²) >= 11 is 0. The van der Waals surface area contributed by atoms with Crippen molar-refractivity contribution in [3.8, 4) is 22.3 Å². The van der Waals surface area contributed by atoms with E-state index in [0.29, 0.717) is 35.5 Å². The van der Waals surface area contributed by atoms with Gasteiger partial charge in [-0.25, -0.2) is 9.59 Å². The average Bonchev–Trinajstić information content (AvgIpc) is 3.02. The van der Waals surface area contributed by atoms with Gasteiger partial charge in [0.15, 0.2) is 0 Å². The van der Waals surface area contributed by atoms with Crippen LogP contribution in [0, 0.1) is 0 Å². The van der Waals surface area contributed by atoms with Crippen LogP contribution in [0.25, 0.3) is 22.3 Å². The van der Waals surface area contributed by atoms with Gasteiger partial charge >= 0.3 is 11.9 Å². The largest absolute Gasteiger partial charge is 0.379 e. The van der Waals surface area contributed by atoms with Crippen molar-refractivity contribution in [2.45, 2.75) is 13.2 Å². The predicted octanol–water partition coefficient (Wildman–Crippen LogP) is 6.28. The molecule has 0 saturated heterocycles. The summed E-state index contributed by atoms with van der Waals surface area (Å²) in [6.07, 6.45) is -1.36. The number of carbonyl (C=O) groups is 2. The van der Waals surface area contributed by atoms with Gasteiger partial charge in [-0.05, 0) is 41.3 Å². The maximum atomic E-state index is 12.9. The molecule has 0 fully saturated rings. The van der Waals surface area contributed by atoms with E-state index in [-0.39, 0.29) is 13.2 Å². The van der Waals surface area contributed by atoms with Crippen LogP contribution in [-0.4, -0.2) is 44.7 Å². The van der Waals surface area contributed by atoms with Gasteiger partial charge in [0.2, 0.25) is 0 Å².